The molecule has 1 heterocycles. The average Bonchev–Trinajstić information content (AvgIpc) is 2.47. The quantitative estimate of drug-likeness (QED) is 0.694. The van der Waals surface area contributed by atoms with Crippen LogP contribution in [-0.2, 0) is 9.47 Å². The summed E-state index contributed by atoms with van der Waals surface area (Å²) in [6.45, 7) is 5.16. The Bertz CT molecular complexity index is 411. The molecule has 2 heteroatoms. The van der Waals surface area contributed by atoms with Gasteiger partial charge in [0.05, 0.1) is 12.7 Å². The molecule has 0 aromatic heterocycles. The molecule has 0 saturated carbocycles. The Morgan fingerprint density at radius 1 is 1.25 bits per heavy atom. The summed E-state index contributed by atoms with van der Waals surface area (Å²) < 4.78 is 11.8. The zero-order valence-electron chi connectivity index (χ0n) is 12.7. The summed E-state index contributed by atoms with van der Waals surface area (Å²) in [6, 6.07) is 10.4. The van der Waals surface area contributed by atoms with Gasteiger partial charge in [-0.25, -0.2) is 0 Å². The van der Waals surface area contributed by atoms with Gasteiger partial charge in [0.1, 0.15) is 0 Å². The van der Waals surface area contributed by atoms with Crippen LogP contribution in [0.3, 0.4) is 0 Å². The molecular formula is C18H26O2. The Balaban J connectivity index is 2.09. The number of benzene rings is 1. The lowest BCUT2D eigenvalue weighted by Crippen LogP contribution is -2.31. The zero-order valence-corrected chi connectivity index (χ0v) is 12.7. The van der Waals surface area contributed by atoms with Crippen LogP contribution in [-0.4, -0.2) is 19.0 Å². The molecule has 2 rings (SSSR count). The van der Waals surface area contributed by atoms with Crippen LogP contribution >= 0.6 is 0 Å². The van der Waals surface area contributed by atoms with Crippen molar-refractivity contribution in [2.75, 3.05) is 6.61 Å². The van der Waals surface area contributed by atoms with Gasteiger partial charge in [0.2, 0.25) is 0 Å². The van der Waals surface area contributed by atoms with E-state index in [4.69, 9.17) is 9.47 Å². The van der Waals surface area contributed by atoms with Crippen molar-refractivity contribution >= 4 is 6.08 Å². The second-order valence-corrected chi connectivity index (χ2v) is 5.53. The van der Waals surface area contributed by atoms with E-state index in [1.54, 1.807) is 0 Å². The van der Waals surface area contributed by atoms with Crippen molar-refractivity contribution in [3.8, 4) is 0 Å². The molecule has 0 N–H and O–H groups in total. The Morgan fingerprint density at radius 2 is 2.05 bits per heavy atom. The van der Waals surface area contributed by atoms with E-state index >= 15 is 0 Å². The van der Waals surface area contributed by atoms with Crippen LogP contribution in [0.15, 0.2) is 35.9 Å². The van der Waals surface area contributed by atoms with Crippen LogP contribution in [0, 0.1) is 0 Å². The smallest absolute Gasteiger partial charge is 0.180 e. The molecule has 0 radical (unpaired) electrons. The largest absolute Gasteiger partial charge is 0.349 e. The lowest BCUT2D eigenvalue weighted by atomic mass is 10.0. The fraction of sp³-hybridized carbons (Fsp3) is 0.556. The van der Waals surface area contributed by atoms with Gasteiger partial charge in [-0.2, -0.15) is 0 Å². The van der Waals surface area contributed by atoms with Crippen LogP contribution in [0.1, 0.15) is 51.5 Å². The summed E-state index contributed by atoms with van der Waals surface area (Å²) in [5, 5.41) is 0. The number of hydrogen-bond acceptors (Lipinski definition) is 2. The number of rotatable bonds is 6. The molecular weight excluding hydrogens is 248 g/mol. The summed E-state index contributed by atoms with van der Waals surface area (Å²) in [5.74, 6) is 0. The van der Waals surface area contributed by atoms with E-state index in [2.05, 4.69) is 44.2 Å². The van der Waals surface area contributed by atoms with Crippen LogP contribution in [0.25, 0.3) is 6.08 Å². The summed E-state index contributed by atoms with van der Waals surface area (Å²) in [5.41, 5.74) is 2.50. The Hall–Kier alpha value is -1.12. The first-order valence-electron chi connectivity index (χ1n) is 7.82. The molecule has 0 spiro atoms. The fourth-order valence-corrected chi connectivity index (χ4v) is 2.45. The van der Waals surface area contributed by atoms with Crippen molar-refractivity contribution in [3.63, 3.8) is 0 Å². The second kappa shape index (κ2) is 8.23. The fourth-order valence-electron chi connectivity index (χ4n) is 2.45. The molecule has 1 fully saturated rings. The molecule has 1 aromatic carbocycles. The molecule has 2 atom stereocenters. The van der Waals surface area contributed by atoms with E-state index in [0.29, 0.717) is 6.10 Å². The van der Waals surface area contributed by atoms with E-state index in [1.165, 1.54) is 30.4 Å². The van der Waals surface area contributed by atoms with E-state index in [0.717, 1.165) is 19.4 Å². The van der Waals surface area contributed by atoms with E-state index in [9.17, 15) is 0 Å². The van der Waals surface area contributed by atoms with Gasteiger partial charge < -0.3 is 9.47 Å². The molecule has 0 bridgehead atoms. The maximum atomic E-state index is 5.96. The highest BCUT2D eigenvalue weighted by molar-refractivity contribution is 5.53. The van der Waals surface area contributed by atoms with Crippen molar-refractivity contribution in [1.29, 1.82) is 0 Å². The Morgan fingerprint density at radius 3 is 2.75 bits per heavy atom. The first kappa shape index (κ1) is 15.3. The highest BCUT2D eigenvalue weighted by atomic mass is 16.7. The molecule has 0 aliphatic carbocycles. The van der Waals surface area contributed by atoms with Gasteiger partial charge >= 0.3 is 0 Å². The molecule has 1 saturated heterocycles. The summed E-state index contributed by atoms with van der Waals surface area (Å²) in [6.07, 6.45) is 8.11. The molecule has 1 aliphatic heterocycles. The maximum Gasteiger partial charge on any atom is 0.180 e. The highest BCUT2D eigenvalue weighted by Gasteiger charge is 2.23. The summed E-state index contributed by atoms with van der Waals surface area (Å²) in [7, 11) is 0. The third-order valence-corrected chi connectivity index (χ3v) is 3.67. The van der Waals surface area contributed by atoms with Crippen LogP contribution < -0.4 is 0 Å². The standard InChI is InChI=1S/C18H26O2/c1-3-4-6-11-17(14-16-9-7-5-8-10-16)18-19-13-12-15(2)20-18/h5,7-10,14-15,18H,3-4,6,11-13H2,1-2H3/b17-14+/t15-,18-/m0/s1. The zero-order chi connectivity index (χ0) is 14.2. The topological polar surface area (TPSA) is 18.5 Å². The van der Waals surface area contributed by atoms with Crippen LogP contribution in [0.5, 0.6) is 0 Å². The van der Waals surface area contributed by atoms with Gasteiger partial charge in [-0.3, -0.25) is 0 Å². The van der Waals surface area contributed by atoms with Gasteiger partial charge in [-0.05, 0) is 37.3 Å². The maximum absolute atomic E-state index is 5.96. The second-order valence-electron chi connectivity index (χ2n) is 5.53. The van der Waals surface area contributed by atoms with E-state index < -0.39 is 0 Å². The molecule has 1 aliphatic rings. The first-order valence-corrected chi connectivity index (χ1v) is 7.82. The van der Waals surface area contributed by atoms with Gasteiger partial charge in [-0.1, -0.05) is 56.2 Å². The first-order chi connectivity index (χ1) is 9.79. The normalized spacial score (nSPS) is 23.8. The van der Waals surface area contributed by atoms with Gasteiger partial charge in [0, 0.05) is 0 Å². The molecule has 0 unspecified atom stereocenters. The molecule has 0 amide bonds. The monoisotopic (exact) mass is 274 g/mol. The summed E-state index contributed by atoms with van der Waals surface area (Å²) in [4.78, 5) is 0. The average molecular weight is 274 g/mol. The van der Waals surface area contributed by atoms with E-state index in [-0.39, 0.29) is 6.29 Å². The minimum absolute atomic E-state index is 0.157. The number of ether oxygens (including phenoxy) is 2. The predicted octanol–water partition coefficient (Wildman–Crippen LogP) is 4.80. The van der Waals surface area contributed by atoms with Crippen molar-refractivity contribution in [1.82, 2.24) is 0 Å². The minimum Gasteiger partial charge on any atom is -0.349 e. The van der Waals surface area contributed by atoms with Crippen LogP contribution in [0.2, 0.25) is 0 Å². The third-order valence-electron chi connectivity index (χ3n) is 3.67. The minimum atomic E-state index is -0.157. The highest BCUT2D eigenvalue weighted by Crippen LogP contribution is 2.24. The van der Waals surface area contributed by atoms with Crippen molar-refractivity contribution in [3.05, 3.63) is 41.5 Å². The molecule has 20 heavy (non-hydrogen) atoms. The lowest BCUT2D eigenvalue weighted by molar-refractivity contribution is -0.187. The third kappa shape index (κ3) is 4.77. The number of unbranched alkanes of at least 4 members (excludes halogenated alkanes) is 2. The molecule has 2 nitrogen and oxygen atoms in total. The van der Waals surface area contributed by atoms with Crippen molar-refractivity contribution < 1.29 is 9.47 Å². The SMILES string of the molecule is CCCCC/C(=C\c1ccccc1)[C@H]1OCC[C@H](C)O1. The molecule has 110 valence electrons. The Kier molecular flexibility index (Phi) is 6.28. The summed E-state index contributed by atoms with van der Waals surface area (Å²) >= 11 is 0. The molecule has 1 aromatic rings. The van der Waals surface area contributed by atoms with Gasteiger partial charge in [-0.15, -0.1) is 0 Å². The Labute approximate surface area is 122 Å². The van der Waals surface area contributed by atoms with Crippen LogP contribution in [0.4, 0.5) is 0 Å². The van der Waals surface area contributed by atoms with Gasteiger partial charge in [0.15, 0.2) is 6.29 Å². The van der Waals surface area contributed by atoms with Gasteiger partial charge in [0.25, 0.3) is 0 Å². The van der Waals surface area contributed by atoms with Crippen molar-refractivity contribution in [2.45, 2.75) is 58.3 Å². The lowest BCUT2D eigenvalue weighted by Gasteiger charge is -2.30. The van der Waals surface area contributed by atoms with Crippen molar-refractivity contribution in [2.24, 2.45) is 0 Å². The number of hydrogen-bond donors (Lipinski definition) is 0. The predicted molar refractivity (Wildman–Crippen MR) is 83.5 cm³/mol. The van der Waals surface area contributed by atoms with E-state index in [1.807, 2.05) is 6.07 Å².